The third kappa shape index (κ3) is 4.12. The summed E-state index contributed by atoms with van der Waals surface area (Å²) in [5, 5.41) is 2.95. The van der Waals surface area contributed by atoms with Gasteiger partial charge < -0.3 is 10.2 Å². The molecular weight excluding hydrogens is 288 g/mol. The Hall–Kier alpha value is -1.84. The lowest BCUT2D eigenvalue weighted by molar-refractivity contribution is -0.126. The minimum Gasteiger partial charge on any atom is -0.356 e. The summed E-state index contributed by atoms with van der Waals surface area (Å²) in [6.45, 7) is 9.68. The molecule has 0 aliphatic carbocycles. The van der Waals surface area contributed by atoms with Gasteiger partial charge in [0.2, 0.25) is 11.8 Å². The highest BCUT2D eigenvalue weighted by Gasteiger charge is 2.36. The zero-order valence-corrected chi connectivity index (χ0v) is 14.7. The maximum Gasteiger partial charge on any atom is 0.227 e. The van der Waals surface area contributed by atoms with Crippen LogP contribution in [-0.4, -0.2) is 24.9 Å². The smallest absolute Gasteiger partial charge is 0.227 e. The van der Waals surface area contributed by atoms with Gasteiger partial charge in [-0.05, 0) is 23.5 Å². The van der Waals surface area contributed by atoms with Crippen molar-refractivity contribution in [1.82, 2.24) is 5.32 Å². The van der Waals surface area contributed by atoms with Gasteiger partial charge in [0.1, 0.15) is 0 Å². The van der Waals surface area contributed by atoms with Crippen LogP contribution in [0.15, 0.2) is 24.3 Å². The highest BCUT2D eigenvalue weighted by Crippen LogP contribution is 2.35. The number of unbranched alkanes of at least 4 members (excludes halogenated alkanes) is 1. The van der Waals surface area contributed by atoms with Crippen LogP contribution in [0.25, 0.3) is 0 Å². The SMILES string of the molecule is CCCCNC(=O)C1CC(=O)N(c2ccccc2C(C)(C)C)C1. The van der Waals surface area contributed by atoms with Crippen LogP contribution < -0.4 is 10.2 Å². The van der Waals surface area contributed by atoms with Gasteiger partial charge in [0, 0.05) is 25.2 Å². The lowest BCUT2D eigenvalue weighted by Gasteiger charge is -2.27. The summed E-state index contributed by atoms with van der Waals surface area (Å²) in [5.41, 5.74) is 2.03. The maximum atomic E-state index is 12.4. The van der Waals surface area contributed by atoms with E-state index in [9.17, 15) is 9.59 Å². The maximum absolute atomic E-state index is 12.4. The summed E-state index contributed by atoms with van der Waals surface area (Å²) in [6.07, 6.45) is 2.33. The Morgan fingerprint density at radius 1 is 1.30 bits per heavy atom. The van der Waals surface area contributed by atoms with E-state index in [0.717, 1.165) is 24.1 Å². The van der Waals surface area contributed by atoms with Crippen molar-refractivity contribution in [2.75, 3.05) is 18.0 Å². The van der Waals surface area contributed by atoms with Crippen molar-refractivity contribution in [3.05, 3.63) is 29.8 Å². The second kappa shape index (κ2) is 7.16. The first-order chi connectivity index (χ1) is 10.8. The van der Waals surface area contributed by atoms with Gasteiger partial charge in [-0.25, -0.2) is 0 Å². The van der Waals surface area contributed by atoms with Crippen LogP contribution >= 0.6 is 0 Å². The number of anilines is 1. The molecule has 1 aliphatic rings. The van der Waals surface area contributed by atoms with Gasteiger partial charge >= 0.3 is 0 Å². The van der Waals surface area contributed by atoms with Crippen molar-refractivity contribution < 1.29 is 9.59 Å². The molecule has 1 atom stereocenters. The number of hydrogen-bond acceptors (Lipinski definition) is 2. The van der Waals surface area contributed by atoms with Gasteiger partial charge in [0.15, 0.2) is 0 Å². The Balaban J connectivity index is 2.14. The summed E-state index contributed by atoms with van der Waals surface area (Å²) in [4.78, 5) is 26.5. The van der Waals surface area contributed by atoms with Crippen molar-refractivity contribution >= 4 is 17.5 Å². The molecule has 1 aromatic carbocycles. The molecule has 0 bridgehead atoms. The van der Waals surface area contributed by atoms with Gasteiger partial charge in [-0.2, -0.15) is 0 Å². The van der Waals surface area contributed by atoms with Crippen molar-refractivity contribution in [2.45, 2.75) is 52.4 Å². The predicted molar refractivity (Wildman–Crippen MR) is 93.5 cm³/mol. The number of hydrogen-bond donors (Lipinski definition) is 1. The minimum atomic E-state index is -0.243. The van der Waals surface area contributed by atoms with Gasteiger partial charge in [-0.15, -0.1) is 0 Å². The Bertz CT molecular complexity index is 575. The molecule has 126 valence electrons. The molecule has 0 aromatic heterocycles. The molecule has 1 unspecified atom stereocenters. The Kier molecular flexibility index (Phi) is 5.45. The molecule has 23 heavy (non-hydrogen) atoms. The van der Waals surface area contributed by atoms with Crippen molar-refractivity contribution in [1.29, 1.82) is 0 Å². The average Bonchev–Trinajstić information content (AvgIpc) is 2.88. The summed E-state index contributed by atoms with van der Waals surface area (Å²) < 4.78 is 0. The molecule has 1 aromatic rings. The van der Waals surface area contributed by atoms with E-state index in [1.165, 1.54) is 0 Å². The zero-order chi connectivity index (χ0) is 17.0. The fraction of sp³-hybridized carbons (Fsp3) is 0.579. The van der Waals surface area contributed by atoms with Crippen LogP contribution in [0.2, 0.25) is 0 Å². The van der Waals surface area contributed by atoms with Crippen LogP contribution in [0.1, 0.15) is 52.5 Å². The molecule has 1 fully saturated rings. The second-order valence-corrected chi connectivity index (χ2v) is 7.32. The van der Waals surface area contributed by atoms with E-state index in [4.69, 9.17) is 0 Å². The largest absolute Gasteiger partial charge is 0.356 e. The Labute approximate surface area is 139 Å². The molecule has 2 amide bonds. The summed E-state index contributed by atoms with van der Waals surface area (Å²) in [7, 11) is 0. The van der Waals surface area contributed by atoms with Gasteiger partial charge in [0.25, 0.3) is 0 Å². The molecule has 0 radical (unpaired) electrons. The Morgan fingerprint density at radius 3 is 2.65 bits per heavy atom. The third-order valence-corrected chi connectivity index (χ3v) is 4.33. The monoisotopic (exact) mass is 316 g/mol. The molecule has 2 rings (SSSR count). The average molecular weight is 316 g/mol. The molecular formula is C19H28N2O2. The van der Waals surface area contributed by atoms with E-state index in [0.29, 0.717) is 19.5 Å². The quantitative estimate of drug-likeness (QED) is 0.848. The summed E-state index contributed by atoms with van der Waals surface area (Å²) >= 11 is 0. The fourth-order valence-corrected chi connectivity index (χ4v) is 2.99. The molecule has 0 spiro atoms. The van der Waals surface area contributed by atoms with E-state index in [1.54, 1.807) is 4.90 Å². The van der Waals surface area contributed by atoms with Crippen LogP contribution in [0, 0.1) is 5.92 Å². The van der Waals surface area contributed by atoms with Crippen LogP contribution in [0.3, 0.4) is 0 Å². The van der Waals surface area contributed by atoms with E-state index in [-0.39, 0.29) is 23.1 Å². The highest BCUT2D eigenvalue weighted by atomic mass is 16.2. The number of nitrogens with one attached hydrogen (secondary N) is 1. The third-order valence-electron chi connectivity index (χ3n) is 4.33. The number of benzene rings is 1. The van der Waals surface area contributed by atoms with Crippen molar-refractivity contribution in [3.8, 4) is 0 Å². The van der Waals surface area contributed by atoms with E-state index in [2.05, 4.69) is 39.1 Å². The fourth-order valence-electron chi connectivity index (χ4n) is 2.99. The van der Waals surface area contributed by atoms with Crippen molar-refractivity contribution in [3.63, 3.8) is 0 Å². The van der Waals surface area contributed by atoms with Crippen LogP contribution in [0.4, 0.5) is 5.69 Å². The number of amides is 2. The number of nitrogens with zero attached hydrogens (tertiary/aromatic N) is 1. The normalized spacial score (nSPS) is 18.3. The summed E-state index contributed by atoms with van der Waals surface area (Å²) in [5.74, 6) is -0.202. The molecule has 1 saturated heterocycles. The number of carbonyl (C=O) groups excluding carboxylic acids is 2. The van der Waals surface area contributed by atoms with E-state index < -0.39 is 0 Å². The summed E-state index contributed by atoms with van der Waals surface area (Å²) in [6, 6.07) is 8.00. The minimum absolute atomic E-state index is 0.00235. The lowest BCUT2D eigenvalue weighted by Crippen LogP contribution is -2.34. The number of rotatable bonds is 5. The first kappa shape index (κ1) is 17.5. The predicted octanol–water partition coefficient (Wildman–Crippen LogP) is 3.25. The van der Waals surface area contributed by atoms with E-state index in [1.807, 2.05) is 18.2 Å². The molecule has 0 saturated carbocycles. The first-order valence-corrected chi connectivity index (χ1v) is 8.52. The Morgan fingerprint density at radius 2 is 2.00 bits per heavy atom. The number of para-hydroxylation sites is 1. The molecule has 1 aliphatic heterocycles. The van der Waals surface area contributed by atoms with Gasteiger partial charge in [0.05, 0.1) is 5.92 Å². The number of carbonyl (C=O) groups is 2. The standard InChI is InChI=1S/C19H28N2O2/c1-5-6-11-20-18(23)14-12-17(22)21(13-14)16-10-8-7-9-15(16)19(2,3)4/h7-10,14H,5-6,11-13H2,1-4H3,(H,20,23). The topological polar surface area (TPSA) is 49.4 Å². The van der Waals surface area contributed by atoms with E-state index >= 15 is 0 Å². The van der Waals surface area contributed by atoms with Gasteiger partial charge in [-0.3, -0.25) is 9.59 Å². The van der Waals surface area contributed by atoms with Crippen LogP contribution in [0.5, 0.6) is 0 Å². The molecule has 4 heteroatoms. The first-order valence-electron chi connectivity index (χ1n) is 8.52. The van der Waals surface area contributed by atoms with Crippen LogP contribution in [-0.2, 0) is 15.0 Å². The molecule has 1 N–H and O–H groups in total. The highest BCUT2D eigenvalue weighted by molar-refractivity contribution is 6.01. The molecule has 1 heterocycles. The van der Waals surface area contributed by atoms with Crippen molar-refractivity contribution in [2.24, 2.45) is 5.92 Å². The molecule has 4 nitrogen and oxygen atoms in total. The van der Waals surface area contributed by atoms with Gasteiger partial charge in [-0.1, -0.05) is 52.3 Å². The lowest BCUT2D eigenvalue weighted by atomic mass is 9.85. The zero-order valence-electron chi connectivity index (χ0n) is 14.7. The second-order valence-electron chi connectivity index (χ2n) is 7.32.